The molecule has 1 atom stereocenters. The molecule has 4 nitrogen and oxygen atoms in total. The Balaban J connectivity index is 2.18. The van der Waals surface area contributed by atoms with Crippen molar-refractivity contribution < 1.29 is 23.4 Å². The number of ether oxygens (including phenoxy) is 1. The summed E-state index contributed by atoms with van der Waals surface area (Å²) in [6.45, 7) is -0.960. The number of aromatic hydroxyl groups is 1. The third-order valence-corrected chi connectivity index (χ3v) is 3.33. The van der Waals surface area contributed by atoms with Crippen molar-refractivity contribution in [1.29, 1.82) is 0 Å². The van der Waals surface area contributed by atoms with Crippen LogP contribution >= 0.6 is 0 Å². The van der Waals surface area contributed by atoms with E-state index in [0.29, 0.717) is 10.8 Å². The third-order valence-electron chi connectivity index (χ3n) is 3.33. The molecule has 1 saturated heterocycles. The highest BCUT2D eigenvalue weighted by molar-refractivity contribution is 5.91. The van der Waals surface area contributed by atoms with E-state index in [0.717, 1.165) is 0 Å². The van der Waals surface area contributed by atoms with Gasteiger partial charge in [-0.05, 0) is 17.0 Å². The predicted molar refractivity (Wildman–Crippen MR) is 67.8 cm³/mol. The number of phenols is 1. The molecule has 6 heteroatoms. The van der Waals surface area contributed by atoms with Gasteiger partial charge in [-0.25, -0.2) is 13.6 Å². The van der Waals surface area contributed by atoms with Crippen LogP contribution in [-0.4, -0.2) is 23.7 Å². The van der Waals surface area contributed by atoms with E-state index in [9.17, 15) is 18.7 Å². The molecule has 1 fully saturated rings. The molecule has 3 rings (SSSR count). The number of benzene rings is 2. The zero-order valence-electron chi connectivity index (χ0n) is 10.3. The normalized spacial score (nSPS) is 21.3. The zero-order chi connectivity index (χ0) is 14.3. The van der Waals surface area contributed by atoms with E-state index < -0.39 is 24.7 Å². The molecular formula is C14H11F2NO3. The van der Waals surface area contributed by atoms with Gasteiger partial charge in [0, 0.05) is 5.39 Å². The van der Waals surface area contributed by atoms with Crippen LogP contribution < -0.4 is 5.32 Å². The van der Waals surface area contributed by atoms with E-state index in [1.54, 1.807) is 24.3 Å². The van der Waals surface area contributed by atoms with Crippen molar-refractivity contribution in [2.75, 3.05) is 6.61 Å². The molecule has 1 heterocycles. The Morgan fingerprint density at radius 2 is 1.90 bits per heavy atom. The fourth-order valence-corrected chi connectivity index (χ4v) is 2.37. The van der Waals surface area contributed by atoms with E-state index in [4.69, 9.17) is 0 Å². The number of hydrogen-bond acceptors (Lipinski definition) is 3. The molecule has 1 aliphatic heterocycles. The Kier molecular flexibility index (Phi) is 2.74. The van der Waals surface area contributed by atoms with Crippen LogP contribution in [0.5, 0.6) is 5.75 Å². The Morgan fingerprint density at radius 3 is 2.65 bits per heavy atom. The highest BCUT2D eigenvalue weighted by Gasteiger charge is 2.47. The minimum absolute atomic E-state index is 0.00560. The molecule has 0 aromatic heterocycles. The van der Waals surface area contributed by atoms with E-state index in [1.165, 1.54) is 12.1 Å². The quantitative estimate of drug-likeness (QED) is 0.843. The molecule has 2 aromatic carbocycles. The molecule has 0 unspecified atom stereocenters. The van der Waals surface area contributed by atoms with Gasteiger partial charge in [0.15, 0.2) is 6.61 Å². The smallest absolute Gasteiger partial charge is 0.408 e. The number of alkyl halides is 2. The number of amides is 1. The van der Waals surface area contributed by atoms with Gasteiger partial charge >= 0.3 is 12.0 Å². The number of cyclic esters (lactones) is 1. The number of alkyl carbamates (subject to hydrolysis) is 1. The maximum atomic E-state index is 14.0. The molecule has 104 valence electrons. The maximum Gasteiger partial charge on any atom is 0.408 e. The van der Waals surface area contributed by atoms with Crippen LogP contribution in [0.1, 0.15) is 11.6 Å². The topological polar surface area (TPSA) is 58.6 Å². The first-order valence-electron chi connectivity index (χ1n) is 6.01. The fraction of sp³-hybridized carbons (Fsp3) is 0.214. The summed E-state index contributed by atoms with van der Waals surface area (Å²) in [5.41, 5.74) is 0.250. The van der Waals surface area contributed by atoms with Gasteiger partial charge in [-0.3, -0.25) is 0 Å². The van der Waals surface area contributed by atoms with Gasteiger partial charge < -0.3 is 15.2 Å². The Labute approximate surface area is 113 Å². The zero-order valence-corrected chi connectivity index (χ0v) is 10.3. The van der Waals surface area contributed by atoms with Crippen LogP contribution in [0, 0.1) is 0 Å². The fourth-order valence-electron chi connectivity index (χ4n) is 2.37. The molecule has 2 N–H and O–H groups in total. The second-order valence-corrected chi connectivity index (χ2v) is 4.63. The number of carbonyl (C=O) groups excluding carboxylic acids is 1. The highest BCUT2D eigenvalue weighted by atomic mass is 19.3. The van der Waals surface area contributed by atoms with Crippen LogP contribution in [0.25, 0.3) is 10.8 Å². The summed E-state index contributed by atoms with van der Waals surface area (Å²) < 4.78 is 32.2. The molecule has 0 bridgehead atoms. The van der Waals surface area contributed by atoms with Crippen molar-refractivity contribution in [1.82, 2.24) is 5.32 Å². The number of hydrogen-bond donors (Lipinski definition) is 2. The summed E-state index contributed by atoms with van der Waals surface area (Å²) >= 11 is 0. The lowest BCUT2D eigenvalue weighted by Crippen LogP contribution is -2.49. The second-order valence-electron chi connectivity index (χ2n) is 4.63. The van der Waals surface area contributed by atoms with E-state index in [2.05, 4.69) is 10.1 Å². The second kappa shape index (κ2) is 4.33. The first-order valence-corrected chi connectivity index (χ1v) is 6.01. The molecule has 1 amide bonds. The number of rotatable bonds is 1. The Hall–Kier alpha value is -2.37. The number of halogens is 2. The van der Waals surface area contributed by atoms with Crippen molar-refractivity contribution in [3.63, 3.8) is 0 Å². The lowest BCUT2D eigenvalue weighted by atomic mass is 9.94. The number of fused-ring (bicyclic) bond motifs is 1. The lowest BCUT2D eigenvalue weighted by Gasteiger charge is -2.32. The van der Waals surface area contributed by atoms with Crippen molar-refractivity contribution in [2.45, 2.75) is 12.0 Å². The summed E-state index contributed by atoms with van der Waals surface area (Å²) in [5, 5.41) is 12.8. The molecule has 0 radical (unpaired) electrons. The largest absolute Gasteiger partial charge is 0.507 e. The Bertz CT molecular complexity index is 687. The third kappa shape index (κ3) is 1.93. The maximum absolute atomic E-state index is 14.0. The standard InChI is InChI=1S/C14H11F2NO3/c15-14(16)7-20-13(19)17-12(14)10-5-6-11(18)9-4-2-1-3-8(9)10/h1-6,12,18H,7H2,(H,17,19)/t12-/m1/s1. The van der Waals surface area contributed by atoms with Gasteiger partial charge in [-0.15, -0.1) is 0 Å². The van der Waals surface area contributed by atoms with Crippen LogP contribution in [0.15, 0.2) is 36.4 Å². The predicted octanol–water partition coefficient (Wildman–Crippen LogP) is 2.96. The number of carbonyl (C=O) groups is 1. The SMILES string of the molecule is O=C1N[C@H](c2ccc(O)c3ccccc23)C(F)(F)CO1. The summed E-state index contributed by atoms with van der Waals surface area (Å²) in [7, 11) is 0. The first-order chi connectivity index (χ1) is 9.49. The minimum atomic E-state index is -3.21. The number of phenolic OH excluding ortho intramolecular Hbond substituents is 1. The van der Waals surface area contributed by atoms with Gasteiger partial charge in [0.05, 0.1) is 0 Å². The van der Waals surface area contributed by atoms with Gasteiger partial charge in [-0.1, -0.05) is 30.3 Å². The van der Waals surface area contributed by atoms with Crippen LogP contribution in [0.4, 0.5) is 13.6 Å². The molecule has 0 saturated carbocycles. The van der Waals surface area contributed by atoms with Gasteiger partial charge in [0.2, 0.25) is 0 Å². The average molecular weight is 279 g/mol. The Morgan fingerprint density at radius 1 is 1.20 bits per heavy atom. The van der Waals surface area contributed by atoms with Gasteiger partial charge in [-0.2, -0.15) is 0 Å². The molecule has 2 aromatic rings. The molecule has 0 spiro atoms. The average Bonchev–Trinajstić information content (AvgIpc) is 2.43. The van der Waals surface area contributed by atoms with Crippen molar-refractivity contribution in [3.05, 3.63) is 42.0 Å². The summed E-state index contributed by atoms with van der Waals surface area (Å²) in [5.74, 6) is -3.21. The summed E-state index contributed by atoms with van der Waals surface area (Å²) in [6, 6.07) is 7.90. The lowest BCUT2D eigenvalue weighted by molar-refractivity contribution is -0.103. The first kappa shape index (κ1) is 12.7. The van der Waals surface area contributed by atoms with Crippen LogP contribution in [0.3, 0.4) is 0 Å². The minimum Gasteiger partial charge on any atom is -0.507 e. The highest BCUT2D eigenvalue weighted by Crippen LogP contribution is 2.39. The van der Waals surface area contributed by atoms with Crippen molar-refractivity contribution >= 4 is 16.9 Å². The van der Waals surface area contributed by atoms with E-state index in [1.807, 2.05) is 0 Å². The summed E-state index contributed by atoms with van der Waals surface area (Å²) in [6.07, 6.45) is -0.877. The van der Waals surface area contributed by atoms with Crippen LogP contribution in [-0.2, 0) is 4.74 Å². The van der Waals surface area contributed by atoms with Crippen molar-refractivity contribution in [2.24, 2.45) is 0 Å². The van der Waals surface area contributed by atoms with E-state index in [-0.39, 0.29) is 11.3 Å². The molecular weight excluding hydrogens is 268 g/mol. The van der Waals surface area contributed by atoms with Gasteiger partial charge in [0.25, 0.3) is 0 Å². The molecule has 20 heavy (non-hydrogen) atoms. The monoisotopic (exact) mass is 279 g/mol. The number of nitrogens with one attached hydrogen (secondary N) is 1. The summed E-state index contributed by atoms with van der Waals surface area (Å²) in [4.78, 5) is 11.2. The van der Waals surface area contributed by atoms with Gasteiger partial charge in [0.1, 0.15) is 11.8 Å². The van der Waals surface area contributed by atoms with Crippen molar-refractivity contribution in [3.8, 4) is 5.75 Å². The van der Waals surface area contributed by atoms with Crippen LogP contribution in [0.2, 0.25) is 0 Å². The van der Waals surface area contributed by atoms with E-state index >= 15 is 0 Å². The molecule has 0 aliphatic carbocycles. The molecule has 1 aliphatic rings.